The van der Waals surface area contributed by atoms with Crippen molar-refractivity contribution in [1.82, 2.24) is 4.98 Å². The van der Waals surface area contributed by atoms with Crippen molar-refractivity contribution in [1.29, 1.82) is 0 Å². The Morgan fingerprint density at radius 3 is 2.46 bits per heavy atom. The van der Waals surface area contributed by atoms with Crippen molar-refractivity contribution < 1.29 is 9.53 Å². The molecule has 4 aromatic rings. The first kappa shape index (κ1) is 25.0. The Morgan fingerprint density at radius 2 is 1.76 bits per heavy atom. The van der Waals surface area contributed by atoms with Gasteiger partial charge in [-0.25, -0.2) is 0 Å². The van der Waals surface area contributed by atoms with E-state index in [4.69, 9.17) is 32.9 Å². The molecule has 37 heavy (non-hydrogen) atoms. The predicted octanol–water partition coefficient (Wildman–Crippen LogP) is 6.70. The number of benzene rings is 3. The number of carbonyl (C=O) groups excluding carboxylic acids is 1. The number of nitrogens with zero attached hydrogens (tertiary/aromatic N) is 3. The summed E-state index contributed by atoms with van der Waals surface area (Å²) in [5.74, 6) is 0.640. The Hall–Kier alpha value is -3.67. The lowest BCUT2D eigenvalue weighted by molar-refractivity contribution is -0.119. The fourth-order valence-electron chi connectivity index (χ4n) is 4.43. The molecule has 3 aromatic carbocycles. The number of ether oxygens (including phenoxy) is 1. The van der Waals surface area contributed by atoms with Gasteiger partial charge in [0.1, 0.15) is 11.8 Å². The lowest BCUT2D eigenvalue weighted by Gasteiger charge is -2.26. The highest BCUT2D eigenvalue weighted by Crippen LogP contribution is 2.33. The zero-order valence-corrected chi connectivity index (χ0v) is 22.0. The van der Waals surface area contributed by atoms with Gasteiger partial charge in [0.2, 0.25) is 0 Å². The third-order valence-electron chi connectivity index (χ3n) is 6.40. The number of aromatic nitrogens is 1. The van der Waals surface area contributed by atoms with Gasteiger partial charge in [-0.15, -0.1) is 0 Å². The van der Waals surface area contributed by atoms with E-state index in [0.717, 1.165) is 39.4 Å². The molecule has 7 heteroatoms. The highest BCUT2D eigenvalue weighted by atomic mass is 35.5. The van der Waals surface area contributed by atoms with E-state index in [1.54, 1.807) is 24.3 Å². The summed E-state index contributed by atoms with van der Waals surface area (Å²) in [7, 11) is 1.63. The van der Waals surface area contributed by atoms with Crippen LogP contribution < -0.4 is 9.64 Å². The minimum absolute atomic E-state index is 0.116. The minimum Gasteiger partial charge on any atom is -0.497 e. The summed E-state index contributed by atoms with van der Waals surface area (Å²) in [5, 5.41) is 1.17. The number of methoxy groups -OCH3 is 1. The van der Waals surface area contributed by atoms with Crippen molar-refractivity contribution in [3.8, 4) is 5.75 Å². The Bertz CT molecular complexity index is 1470. The monoisotopic (exact) mass is 529 g/mol. The van der Waals surface area contributed by atoms with Crippen molar-refractivity contribution in [2.75, 3.05) is 12.0 Å². The number of hydrogen-bond acceptors (Lipinski definition) is 4. The molecule has 0 aliphatic carbocycles. The van der Waals surface area contributed by atoms with Crippen LogP contribution in [0.1, 0.15) is 27.9 Å². The van der Waals surface area contributed by atoms with E-state index < -0.39 is 6.04 Å². The zero-order chi connectivity index (χ0) is 25.9. The van der Waals surface area contributed by atoms with E-state index in [-0.39, 0.29) is 5.91 Å². The van der Waals surface area contributed by atoms with Gasteiger partial charge < -0.3 is 9.64 Å². The fourth-order valence-corrected chi connectivity index (χ4v) is 4.82. The Morgan fingerprint density at radius 1 is 0.973 bits per heavy atom. The van der Waals surface area contributed by atoms with Crippen LogP contribution in [0.25, 0.3) is 0 Å². The van der Waals surface area contributed by atoms with Gasteiger partial charge in [-0.2, -0.15) is 0 Å². The third kappa shape index (κ3) is 5.38. The Kier molecular flexibility index (Phi) is 7.26. The minimum atomic E-state index is -0.694. The number of hydrogen-bond donors (Lipinski definition) is 0. The van der Waals surface area contributed by atoms with Crippen LogP contribution >= 0.6 is 23.2 Å². The summed E-state index contributed by atoms with van der Waals surface area (Å²) in [6, 6.07) is 24.0. The molecule has 0 radical (unpaired) electrons. The average Bonchev–Trinajstić information content (AvgIpc) is 3.01. The second-order valence-corrected chi connectivity index (χ2v) is 9.75. The topological polar surface area (TPSA) is 54.8 Å². The maximum Gasteiger partial charge on any atom is 0.252 e. The third-order valence-corrected chi connectivity index (χ3v) is 7.00. The van der Waals surface area contributed by atoms with Crippen LogP contribution in [0.15, 0.2) is 90.1 Å². The summed E-state index contributed by atoms with van der Waals surface area (Å²) >= 11 is 13.0. The van der Waals surface area contributed by atoms with Crippen molar-refractivity contribution >= 4 is 40.5 Å². The number of anilines is 1. The SMILES string of the molecule is COc1ccc(CN2C(=O)C(Cc3ccccc3Cl)N=C(c3ccc(C)nc3)c3cc(Cl)ccc32)cc1. The lowest BCUT2D eigenvalue weighted by atomic mass is 10.0. The van der Waals surface area contributed by atoms with Gasteiger partial charge >= 0.3 is 0 Å². The molecule has 5 nitrogen and oxygen atoms in total. The largest absolute Gasteiger partial charge is 0.497 e. The zero-order valence-electron chi connectivity index (χ0n) is 20.5. The first-order valence-electron chi connectivity index (χ1n) is 11.9. The van der Waals surface area contributed by atoms with Gasteiger partial charge in [0.05, 0.1) is 25.1 Å². The van der Waals surface area contributed by atoms with Crippen LogP contribution in [0, 0.1) is 6.92 Å². The van der Waals surface area contributed by atoms with Gasteiger partial charge in [-0.1, -0.05) is 53.5 Å². The lowest BCUT2D eigenvalue weighted by Crippen LogP contribution is -2.38. The van der Waals surface area contributed by atoms with Gasteiger partial charge in [0.25, 0.3) is 5.91 Å². The van der Waals surface area contributed by atoms with Gasteiger partial charge in [0, 0.05) is 39.5 Å². The molecule has 1 aliphatic rings. The van der Waals surface area contributed by atoms with Crippen LogP contribution in [0.3, 0.4) is 0 Å². The highest BCUT2D eigenvalue weighted by molar-refractivity contribution is 6.32. The molecule has 1 amide bonds. The van der Waals surface area contributed by atoms with Gasteiger partial charge in [-0.05, 0) is 66.6 Å². The molecule has 1 unspecified atom stereocenters. The molecule has 0 saturated carbocycles. The predicted molar refractivity (Wildman–Crippen MR) is 149 cm³/mol. The van der Waals surface area contributed by atoms with E-state index in [1.807, 2.05) is 79.7 Å². The second-order valence-electron chi connectivity index (χ2n) is 8.91. The molecule has 0 fully saturated rings. The summed E-state index contributed by atoms with van der Waals surface area (Å²) in [4.78, 5) is 25.5. The number of amides is 1. The van der Waals surface area contributed by atoms with Crippen molar-refractivity contribution in [3.05, 3.63) is 123 Å². The van der Waals surface area contributed by atoms with Crippen LogP contribution in [-0.2, 0) is 17.8 Å². The van der Waals surface area contributed by atoms with Crippen LogP contribution in [0.2, 0.25) is 10.0 Å². The molecule has 2 heterocycles. The first-order valence-corrected chi connectivity index (χ1v) is 12.7. The summed E-state index contributed by atoms with van der Waals surface area (Å²) in [6.45, 7) is 2.30. The quantitative estimate of drug-likeness (QED) is 0.279. The maximum absolute atomic E-state index is 14.2. The molecule has 0 N–H and O–H groups in total. The maximum atomic E-state index is 14.2. The molecule has 1 aliphatic heterocycles. The van der Waals surface area contributed by atoms with E-state index in [1.165, 1.54) is 0 Å². The normalized spacial score (nSPS) is 15.1. The molecule has 1 aromatic heterocycles. The fraction of sp³-hybridized carbons (Fsp3) is 0.167. The van der Waals surface area contributed by atoms with E-state index >= 15 is 0 Å². The molecule has 1 atom stereocenters. The second kappa shape index (κ2) is 10.8. The summed E-state index contributed by atoms with van der Waals surface area (Å²) in [6.07, 6.45) is 2.15. The number of pyridine rings is 1. The summed E-state index contributed by atoms with van der Waals surface area (Å²) < 4.78 is 5.30. The molecule has 0 bridgehead atoms. The first-order chi connectivity index (χ1) is 17.9. The van der Waals surface area contributed by atoms with Gasteiger partial charge in [0.15, 0.2) is 0 Å². The Balaban J connectivity index is 1.66. The van der Waals surface area contributed by atoms with Crippen molar-refractivity contribution in [2.45, 2.75) is 25.9 Å². The number of benzodiazepines with no additional fused rings is 1. The highest BCUT2D eigenvalue weighted by Gasteiger charge is 2.33. The molecule has 186 valence electrons. The van der Waals surface area contributed by atoms with E-state index in [2.05, 4.69) is 4.98 Å². The number of aryl methyl sites for hydroxylation is 1. The smallest absolute Gasteiger partial charge is 0.252 e. The molecule has 0 spiro atoms. The average molecular weight is 530 g/mol. The number of halogens is 2. The molecular weight excluding hydrogens is 505 g/mol. The Labute approximate surface area is 226 Å². The number of aliphatic imine (C=N–C) groups is 1. The van der Waals surface area contributed by atoms with Gasteiger partial charge in [-0.3, -0.25) is 14.8 Å². The van der Waals surface area contributed by atoms with Crippen LogP contribution in [0.5, 0.6) is 5.75 Å². The van der Waals surface area contributed by atoms with E-state index in [0.29, 0.717) is 28.7 Å². The number of rotatable bonds is 6. The summed E-state index contributed by atoms with van der Waals surface area (Å²) in [5.41, 5.74) is 5.74. The van der Waals surface area contributed by atoms with Crippen molar-refractivity contribution in [3.63, 3.8) is 0 Å². The number of carbonyl (C=O) groups is 1. The molecular formula is C30H25Cl2N3O2. The molecule has 5 rings (SSSR count). The standard InChI is InChI=1S/C30H25Cl2N3O2/c1-19-7-10-22(17-33-19)29-25-16-23(31)11-14-28(25)35(18-20-8-12-24(37-2)13-9-20)30(36)27(34-29)15-21-5-3-4-6-26(21)32/h3-14,16-17,27H,15,18H2,1-2H3. The van der Waals surface area contributed by atoms with Crippen LogP contribution in [0.4, 0.5) is 5.69 Å². The van der Waals surface area contributed by atoms with Crippen molar-refractivity contribution in [2.24, 2.45) is 4.99 Å². The van der Waals surface area contributed by atoms with E-state index in [9.17, 15) is 4.79 Å². The van der Waals surface area contributed by atoms with Crippen LogP contribution in [-0.4, -0.2) is 29.8 Å². The number of fused-ring (bicyclic) bond motifs is 1. The molecule has 0 saturated heterocycles.